The summed E-state index contributed by atoms with van der Waals surface area (Å²) in [5.41, 5.74) is 2.43. The molecule has 6 heteroatoms. The Kier molecular flexibility index (Phi) is 7.33. The van der Waals surface area contributed by atoms with Crippen molar-refractivity contribution in [3.63, 3.8) is 0 Å². The van der Waals surface area contributed by atoms with E-state index in [2.05, 4.69) is 11.8 Å². The molecule has 6 nitrogen and oxygen atoms in total. The molecule has 0 spiro atoms. The second-order valence-corrected chi connectivity index (χ2v) is 6.59. The van der Waals surface area contributed by atoms with Gasteiger partial charge in [0, 0.05) is 38.8 Å². The first kappa shape index (κ1) is 21.2. The van der Waals surface area contributed by atoms with Crippen molar-refractivity contribution in [2.24, 2.45) is 0 Å². The van der Waals surface area contributed by atoms with Crippen LogP contribution in [0.15, 0.2) is 54.6 Å². The average molecular weight is 380 g/mol. The van der Waals surface area contributed by atoms with Gasteiger partial charge in [0.1, 0.15) is 0 Å². The molecule has 0 aliphatic heterocycles. The average Bonchev–Trinajstić information content (AvgIpc) is 2.71. The first-order chi connectivity index (χ1) is 13.3. The summed E-state index contributed by atoms with van der Waals surface area (Å²) < 4.78 is 0. The van der Waals surface area contributed by atoms with Crippen molar-refractivity contribution in [2.45, 2.75) is 18.8 Å². The maximum Gasteiger partial charge on any atom is 0.254 e. The van der Waals surface area contributed by atoms with Crippen molar-refractivity contribution >= 4 is 11.8 Å². The Bertz CT molecular complexity index is 884. The monoisotopic (exact) mass is 380 g/mol. The molecule has 0 saturated carbocycles. The maximum atomic E-state index is 12.4. The lowest BCUT2D eigenvalue weighted by Gasteiger charge is -2.25. The van der Waals surface area contributed by atoms with Crippen LogP contribution in [0.2, 0.25) is 0 Å². The number of hydrogen-bond acceptors (Lipinski definition) is 4. The predicted octanol–water partition coefficient (Wildman–Crippen LogP) is 0.855. The number of hydrogen-bond donors (Lipinski definition) is 2. The summed E-state index contributed by atoms with van der Waals surface area (Å²) in [5.74, 6) is 4.70. The molecule has 2 atom stereocenters. The molecule has 146 valence electrons. The van der Waals surface area contributed by atoms with Crippen LogP contribution in [0.3, 0.4) is 0 Å². The third-order valence-corrected chi connectivity index (χ3v) is 4.16. The molecule has 0 aromatic heterocycles. The molecule has 0 fully saturated rings. The minimum absolute atomic E-state index is 0.179. The van der Waals surface area contributed by atoms with E-state index in [9.17, 15) is 19.8 Å². The molecule has 0 radical (unpaired) electrons. The Balaban J connectivity index is 2.14. The van der Waals surface area contributed by atoms with Crippen molar-refractivity contribution in [2.75, 3.05) is 21.1 Å². The molecule has 0 heterocycles. The van der Waals surface area contributed by atoms with Gasteiger partial charge in [-0.25, -0.2) is 0 Å². The van der Waals surface area contributed by atoms with Crippen LogP contribution < -0.4 is 0 Å². The summed E-state index contributed by atoms with van der Waals surface area (Å²) in [6.45, 7) is 0.179. The van der Waals surface area contributed by atoms with Gasteiger partial charge in [0.25, 0.3) is 11.8 Å². The summed E-state index contributed by atoms with van der Waals surface area (Å²) >= 11 is 0. The van der Waals surface area contributed by atoms with Gasteiger partial charge in [-0.05, 0) is 23.8 Å². The normalized spacial score (nSPS) is 12.3. The lowest BCUT2D eigenvalue weighted by atomic mass is 10.1. The first-order valence-electron chi connectivity index (χ1n) is 8.78. The zero-order valence-electron chi connectivity index (χ0n) is 16.2. The van der Waals surface area contributed by atoms with E-state index in [4.69, 9.17) is 0 Å². The van der Waals surface area contributed by atoms with Crippen LogP contribution in [0.25, 0.3) is 0 Å². The number of aliphatic hydroxyl groups is 2. The molecular weight excluding hydrogens is 356 g/mol. The summed E-state index contributed by atoms with van der Waals surface area (Å²) in [5, 5.41) is 20.0. The highest BCUT2D eigenvalue weighted by Gasteiger charge is 2.33. The summed E-state index contributed by atoms with van der Waals surface area (Å²) in [7, 11) is 4.38. The molecule has 2 amide bonds. The number of aliphatic hydroxyl groups excluding tert-OH is 2. The molecular formula is C22H24N2O4. The van der Waals surface area contributed by atoms with E-state index < -0.39 is 24.0 Å². The highest BCUT2D eigenvalue weighted by Crippen LogP contribution is 2.12. The number of amides is 2. The second-order valence-electron chi connectivity index (χ2n) is 6.59. The van der Waals surface area contributed by atoms with Crippen LogP contribution in [0.5, 0.6) is 0 Å². The predicted molar refractivity (Wildman–Crippen MR) is 106 cm³/mol. The second kappa shape index (κ2) is 9.70. The molecule has 28 heavy (non-hydrogen) atoms. The number of rotatable bonds is 5. The number of benzene rings is 2. The van der Waals surface area contributed by atoms with E-state index in [1.54, 1.807) is 0 Å². The van der Waals surface area contributed by atoms with E-state index in [0.29, 0.717) is 0 Å². The van der Waals surface area contributed by atoms with Gasteiger partial charge in [0.05, 0.1) is 0 Å². The zero-order chi connectivity index (χ0) is 20.7. The molecule has 2 rings (SSSR count). The molecule has 0 saturated heterocycles. The lowest BCUT2D eigenvalue weighted by molar-refractivity contribution is -0.156. The smallest absolute Gasteiger partial charge is 0.254 e. The van der Waals surface area contributed by atoms with Gasteiger partial charge in [-0.1, -0.05) is 48.2 Å². The summed E-state index contributed by atoms with van der Waals surface area (Å²) in [4.78, 5) is 26.6. The number of nitrogens with zero attached hydrogens (tertiary/aromatic N) is 2. The topological polar surface area (TPSA) is 81.1 Å². The van der Waals surface area contributed by atoms with Crippen LogP contribution in [0, 0.1) is 11.8 Å². The van der Waals surface area contributed by atoms with Crippen molar-refractivity contribution in [3.05, 3.63) is 71.3 Å². The molecule has 0 aliphatic rings. The Morgan fingerprint density at radius 2 is 1.43 bits per heavy atom. The number of likely N-dealkylation sites (N-methyl/N-ethyl adjacent to an activating group) is 2. The first-order valence-corrected chi connectivity index (χ1v) is 8.78. The van der Waals surface area contributed by atoms with Gasteiger partial charge < -0.3 is 20.0 Å². The Morgan fingerprint density at radius 1 is 0.857 bits per heavy atom. The van der Waals surface area contributed by atoms with Gasteiger partial charge >= 0.3 is 0 Å². The molecule has 2 unspecified atom stereocenters. The molecule has 0 bridgehead atoms. The lowest BCUT2D eigenvalue weighted by Crippen LogP contribution is -2.49. The highest BCUT2D eigenvalue weighted by molar-refractivity contribution is 5.90. The Labute approximate surface area is 165 Å². The van der Waals surface area contributed by atoms with E-state index in [1.165, 1.54) is 26.0 Å². The van der Waals surface area contributed by atoms with Gasteiger partial charge in [-0.15, -0.1) is 0 Å². The van der Waals surface area contributed by atoms with Crippen LogP contribution in [-0.4, -0.2) is 65.2 Å². The Hall–Kier alpha value is -3.14. The van der Waals surface area contributed by atoms with Crippen LogP contribution in [0.1, 0.15) is 16.7 Å². The van der Waals surface area contributed by atoms with Crippen molar-refractivity contribution in [1.82, 2.24) is 9.80 Å². The molecule has 0 aliphatic carbocycles. The van der Waals surface area contributed by atoms with Crippen molar-refractivity contribution < 1.29 is 19.8 Å². The van der Waals surface area contributed by atoms with Crippen LogP contribution in [-0.2, 0) is 16.1 Å². The van der Waals surface area contributed by atoms with E-state index in [-0.39, 0.29) is 6.54 Å². The van der Waals surface area contributed by atoms with Gasteiger partial charge in [0.2, 0.25) is 0 Å². The van der Waals surface area contributed by atoms with Gasteiger partial charge in [0.15, 0.2) is 12.2 Å². The zero-order valence-corrected chi connectivity index (χ0v) is 16.2. The third-order valence-electron chi connectivity index (χ3n) is 4.16. The summed E-state index contributed by atoms with van der Waals surface area (Å²) in [6, 6.07) is 16.9. The fraction of sp³-hybridized carbons (Fsp3) is 0.273. The third kappa shape index (κ3) is 5.43. The molecule has 2 aromatic rings. The van der Waals surface area contributed by atoms with Crippen LogP contribution >= 0.6 is 0 Å². The van der Waals surface area contributed by atoms with Crippen LogP contribution in [0.4, 0.5) is 0 Å². The minimum Gasteiger partial charge on any atom is -0.380 e. The Morgan fingerprint density at radius 3 is 2.07 bits per heavy atom. The quantitative estimate of drug-likeness (QED) is 0.754. The van der Waals surface area contributed by atoms with Crippen molar-refractivity contribution in [3.8, 4) is 11.8 Å². The number of carbonyl (C=O) groups excluding carboxylic acids is 2. The van der Waals surface area contributed by atoms with E-state index in [1.807, 2.05) is 54.6 Å². The van der Waals surface area contributed by atoms with Gasteiger partial charge in [-0.3, -0.25) is 9.59 Å². The largest absolute Gasteiger partial charge is 0.380 e. The number of carbonyl (C=O) groups is 2. The van der Waals surface area contributed by atoms with E-state index >= 15 is 0 Å². The molecule has 2 aromatic carbocycles. The minimum atomic E-state index is -1.83. The van der Waals surface area contributed by atoms with E-state index in [0.717, 1.165) is 21.6 Å². The van der Waals surface area contributed by atoms with Crippen molar-refractivity contribution in [1.29, 1.82) is 0 Å². The SMILES string of the molecule is CN(C)C(=O)C(O)C(O)C(=O)N(C)Cc1ccccc1C#Cc1ccccc1. The maximum absolute atomic E-state index is 12.4. The summed E-state index contributed by atoms with van der Waals surface area (Å²) in [6.07, 6.45) is -3.64. The van der Waals surface area contributed by atoms with Gasteiger partial charge in [-0.2, -0.15) is 0 Å². The molecule has 2 N–H and O–H groups in total. The standard InChI is InChI=1S/C22H24N2O4/c1-23(2)21(27)19(25)20(26)22(28)24(3)15-18-12-8-7-11-17(18)14-13-16-9-5-4-6-10-16/h4-12,19-20,25-26H,15H2,1-3H3. The highest BCUT2D eigenvalue weighted by atomic mass is 16.3. The fourth-order valence-electron chi connectivity index (χ4n) is 2.53. The fourth-order valence-corrected chi connectivity index (χ4v) is 2.53.